The van der Waals surface area contributed by atoms with Crippen LogP contribution in [0.4, 0.5) is 0 Å². The molecule has 1 saturated carbocycles. The summed E-state index contributed by atoms with van der Waals surface area (Å²) >= 11 is 0. The van der Waals surface area contributed by atoms with Crippen molar-refractivity contribution in [1.29, 1.82) is 0 Å². The lowest BCUT2D eigenvalue weighted by Gasteiger charge is -2.36. The molecule has 1 aliphatic carbocycles. The van der Waals surface area contributed by atoms with E-state index >= 15 is 0 Å². The number of benzene rings is 1. The van der Waals surface area contributed by atoms with Crippen molar-refractivity contribution in [3.8, 4) is 0 Å². The highest BCUT2D eigenvalue weighted by atomic mass is 16.2. The molecule has 1 saturated heterocycles. The van der Waals surface area contributed by atoms with Gasteiger partial charge in [0, 0.05) is 25.4 Å². The maximum absolute atomic E-state index is 13.2. The summed E-state index contributed by atoms with van der Waals surface area (Å²) in [6.45, 7) is 3.66. The summed E-state index contributed by atoms with van der Waals surface area (Å²) in [7, 11) is 0. The molecule has 5 rings (SSSR count). The molecular formula is C25H30N4O3. The van der Waals surface area contributed by atoms with E-state index in [9.17, 15) is 14.4 Å². The third-order valence-corrected chi connectivity index (χ3v) is 6.94. The molecule has 0 bridgehead atoms. The van der Waals surface area contributed by atoms with Crippen molar-refractivity contribution < 1.29 is 9.59 Å². The third-order valence-electron chi connectivity index (χ3n) is 6.94. The van der Waals surface area contributed by atoms with E-state index in [1.807, 2.05) is 36.1 Å². The summed E-state index contributed by atoms with van der Waals surface area (Å²) < 4.78 is 0. The molecule has 7 nitrogen and oxygen atoms in total. The van der Waals surface area contributed by atoms with Crippen LogP contribution < -0.4 is 5.56 Å². The molecule has 3 aliphatic rings. The fraction of sp³-hybridized carbons (Fsp3) is 0.520. The van der Waals surface area contributed by atoms with Crippen molar-refractivity contribution in [2.45, 2.75) is 64.5 Å². The zero-order valence-electron chi connectivity index (χ0n) is 18.6. The number of hydrogen-bond donors (Lipinski definition) is 1. The normalized spacial score (nSPS) is 20.7. The molecule has 1 aromatic carbocycles. The average Bonchev–Trinajstić information content (AvgIpc) is 3.65. The predicted octanol–water partition coefficient (Wildman–Crippen LogP) is 2.67. The van der Waals surface area contributed by atoms with Crippen LogP contribution in [0.5, 0.6) is 0 Å². The summed E-state index contributed by atoms with van der Waals surface area (Å²) in [6, 6.07) is 7.84. The number of hydrogen-bond acceptors (Lipinski definition) is 4. The Morgan fingerprint density at radius 1 is 1.09 bits per heavy atom. The van der Waals surface area contributed by atoms with Crippen molar-refractivity contribution in [3.05, 3.63) is 62.8 Å². The van der Waals surface area contributed by atoms with Crippen LogP contribution >= 0.6 is 0 Å². The van der Waals surface area contributed by atoms with Gasteiger partial charge < -0.3 is 14.8 Å². The van der Waals surface area contributed by atoms with E-state index in [0.29, 0.717) is 43.9 Å². The number of aromatic amines is 1. The maximum Gasteiger partial charge on any atom is 0.256 e. The van der Waals surface area contributed by atoms with Gasteiger partial charge in [0.2, 0.25) is 11.8 Å². The lowest BCUT2D eigenvalue weighted by Crippen LogP contribution is -2.43. The van der Waals surface area contributed by atoms with Crippen LogP contribution in [0.3, 0.4) is 0 Å². The molecule has 3 heterocycles. The van der Waals surface area contributed by atoms with E-state index in [1.165, 1.54) is 5.56 Å². The zero-order chi connectivity index (χ0) is 22.2. The first-order valence-electron chi connectivity index (χ1n) is 11.8. The van der Waals surface area contributed by atoms with Crippen LogP contribution in [0.25, 0.3) is 0 Å². The number of nitrogens with zero attached hydrogens (tertiary/aromatic N) is 3. The highest BCUT2D eigenvalue weighted by Gasteiger charge is 2.36. The molecule has 2 aliphatic heterocycles. The van der Waals surface area contributed by atoms with Crippen molar-refractivity contribution >= 4 is 11.8 Å². The molecule has 2 fully saturated rings. The van der Waals surface area contributed by atoms with E-state index in [1.54, 1.807) is 4.90 Å². The number of aryl methyl sites for hydroxylation is 1. The molecular weight excluding hydrogens is 404 g/mol. The van der Waals surface area contributed by atoms with Gasteiger partial charge in [-0.15, -0.1) is 0 Å². The molecule has 7 heteroatoms. The van der Waals surface area contributed by atoms with Crippen LogP contribution in [0, 0.1) is 12.8 Å². The highest BCUT2D eigenvalue weighted by molar-refractivity contribution is 5.81. The summed E-state index contributed by atoms with van der Waals surface area (Å²) in [6.07, 6.45) is 5.63. The van der Waals surface area contributed by atoms with Gasteiger partial charge >= 0.3 is 0 Å². The minimum Gasteiger partial charge on any atom is -0.337 e. The van der Waals surface area contributed by atoms with Crippen molar-refractivity contribution in [3.63, 3.8) is 0 Å². The minimum absolute atomic E-state index is 0.0696. The van der Waals surface area contributed by atoms with Gasteiger partial charge in [0.25, 0.3) is 5.56 Å². The molecule has 32 heavy (non-hydrogen) atoms. The monoisotopic (exact) mass is 434 g/mol. The Labute approximate surface area is 187 Å². The van der Waals surface area contributed by atoms with Crippen LogP contribution in [0.15, 0.2) is 29.1 Å². The zero-order valence-corrected chi connectivity index (χ0v) is 18.6. The van der Waals surface area contributed by atoms with Crippen LogP contribution in [-0.2, 0) is 29.0 Å². The molecule has 168 valence electrons. The number of nitrogens with one attached hydrogen (secondary N) is 1. The first-order chi connectivity index (χ1) is 15.5. The highest BCUT2D eigenvalue weighted by Crippen LogP contribution is 2.33. The summed E-state index contributed by atoms with van der Waals surface area (Å²) in [5.74, 6) is 0.977. The molecule has 1 unspecified atom stereocenters. The summed E-state index contributed by atoms with van der Waals surface area (Å²) in [5, 5.41) is 0. The molecule has 1 atom stereocenters. The van der Waals surface area contributed by atoms with E-state index < -0.39 is 0 Å². The van der Waals surface area contributed by atoms with Gasteiger partial charge in [-0.05, 0) is 44.6 Å². The molecule has 0 radical (unpaired) electrons. The van der Waals surface area contributed by atoms with Gasteiger partial charge in [-0.2, -0.15) is 0 Å². The molecule has 2 amide bonds. The second-order valence-corrected chi connectivity index (χ2v) is 9.42. The number of H-pyrrole nitrogens is 1. The Kier molecular flexibility index (Phi) is 5.57. The van der Waals surface area contributed by atoms with Gasteiger partial charge in [0.05, 0.1) is 30.3 Å². The van der Waals surface area contributed by atoms with E-state index in [2.05, 4.69) is 4.98 Å². The Balaban J connectivity index is 1.36. The number of amides is 2. The Bertz CT molecular complexity index is 1090. The first-order valence-corrected chi connectivity index (χ1v) is 11.8. The lowest BCUT2D eigenvalue weighted by molar-refractivity contribution is -0.135. The van der Waals surface area contributed by atoms with Crippen molar-refractivity contribution in [2.75, 3.05) is 13.1 Å². The largest absolute Gasteiger partial charge is 0.337 e. The number of piperidine rings is 1. The number of aromatic nitrogens is 2. The predicted molar refractivity (Wildman–Crippen MR) is 120 cm³/mol. The Morgan fingerprint density at radius 2 is 1.88 bits per heavy atom. The van der Waals surface area contributed by atoms with Crippen LogP contribution in [0.1, 0.15) is 66.4 Å². The van der Waals surface area contributed by atoms with E-state index in [4.69, 9.17) is 4.98 Å². The third kappa shape index (κ3) is 4.20. The maximum atomic E-state index is 13.2. The molecule has 1 aromatic heterocycles. The van der Waals surface area contributed by atoms with Gasteiger partial charge in [0.15, 0.2) is 0 Å². The fourth-order valence-corrected chi connectivity index (χ4v) is 4.88. The minimum atomic E-state index is -0.203. The number of rotatable bonds is 4. The van der Waals surface area contributed by atoms with Gasteiger partial charge in [-0.1, -0.05) is 29.8 Å². The number of carbonyl (C=O) groups is 2. The second-order valence-electron chi connectivity index (χ2n) is 9.42. The van der Waals surface area contributed by atoms with Crippen LogP contribution in [-0.4, -0.2) is 44.7 Å². The number of likely N-dealkylation sites (tertiary alicyclic amines) is 1. The van der Waals surface area contributed by atoms with Gasteiger partial charge in [0.1, 0.15) is 5.82 Å². The van der Waals surface area contributed by atoms with Crippen molar-refractivity contribution in [2.24, 2.45) is 5.92 Å². The van der Waals surface area contributed by atoms with E-state index in [-0.39, 0.29) is 29.3 Å². The quantitative estimate of drug-likeness (QED) is 0.802. The second kappa shape index (κ2) is 8.52. The van der Waals surface area contributed by atoms with E-state index in [0.717, 1.165) is 43.4 Å². The van der Waals surface area contributed by atoms with Crippen LogP contribution in [0.2, 0.25) is 0 Å². The Hall–Kier alpha value is -2.96. The number of carbonyl (C=O) groups excluding carboxylic acids is 2. The number of fused-ring (bicyclic) bond motifs is 1. The van der Waals surface area contributed by atoms with Gasteiger partial charge in [-0.3, -0.25) is 14.4 Å². The average molecular weight is 435 g/mol. The summed E-state index contributed by atoms with van der Waals surface area (Å²) in [4.78, 5) is 50.0. The topological polar surface area (TPSA) is 86.4 Å². The van der Waals surface area contributed by atoms with Gasteiger partial charge in [-0.25, -0.2) is 4.98 Å². The standard InChI is InChI=1S/C25H30N4O3/c1-16-5-7-17(8-6-16)14-22(30)29-12-3-2-4-21(29)23-26-20-11-13-28(25(32)18-9-10-18)15-19(20)24(31)27-23/h5-8,18,21H,2-4,9-15H2,1H3,(H,26,27,31). The fourth-order valence-electron chi connectivity index (χ4n) is 4.88. The molecule has 0 spiro atoms. The Morgan fingerprint density at radius 3 is 2.62 bits per heavy atom. The van der Waals surface area contributed by atoms with Crippen molar-refractivity contribution in [1.82, 2.24) is 19.8 Å². The summed E-state index contributed by atoms with van der Waals surface area (Å²) in [5.41, 5.74) is 3.37. The molecule has 1 N–H and O–H groups in total. The molecule has 2 aromatic rings. The smallest absolute Gasteiger partial charge is 0.256 e. The first kappa shape index (κ1) is 20.9. The SMILES string of the molecule is Cc1ccc(CC(=O)N2CCCCC2c2nc3c(c(=O)[nH]2)CN(C(=O)C2CC2)CC3)cc1. The lowest BCUT2D eigenvalue weighted by atomic mass is 9.99.